The summed E-state index contributed by atoms with van der Waals surface area (Å²) < 4.78 is 4.91. The number of hydrogen-bond donors (Lipinski definition) is 1. The van der Waals surface area contributed by atoms with Crippen LogP contribution in [0.1, 0.15) is 36.5 Å². The average molecular weight is 327 g/mol. The molecule has 0 saturated carbocycles. The number of nitrogens with one attached hydrogen (secondary N) is 1. The molecular weight excluding hydrogens is 306 g/mol. The molecule has 126 valence electrons. The van der Waals surface area contributed by atoms with Gasteiger partial charge in [-0.2, -0.15) is 5.26 Å². The first kappa shape index (κ1) is 17.5. The van der Waals surface area contributed by atoms with Crippen LogP contribution >= 0.6 is 0 Å². The van der Waals surface area contributed by atoms with E-state index in [-0.39, 0.29) is 5.57 Å². The molecule has 6 heteroatoms. The van der Waals surface area contributed by atoms with Crippen LogP contribution in [0.5, 0.6) is 0 Å². The topological polar surface area (TPSA) is 82.4 Å². The minimum Gasteiger partial charge on any atom is -0.462 e. The van der Waals surface area contributed by atoms with Gasteiger partial charge >= 0.3 is 5.97 Å². The summed E-state index contributed by atoms with van der Waals surface area (Å²) in [6.45, 7) is 3.79. The van der Waals surface area contributed by atoms with E-state index in [1.165, 1.54) is 6.42 Å². The van der Waals surface area contributed by atoms with E-state index in [1.54, 1.807) is 37.4 Å². The Morgan fingerprint density at radius 1 is 1.25 bits per heavy atom. The Kier molecular flexibility index (Phi) is 6.38. The number of nitriles is 1. The van der Waals surface area contributed by atoms with Crippen LogP contribution in [-0.2, 0) is 9.53 Å². The number of carbonyl (C=O) groups excluding carboxylic acids is 2. The first-order valence-corrected chi connectivity index (χ1v) is 8.08. The van der Waals surface area contributed by atoms with Crippen molar-refractivity contribution in [3.63, 3.8) is 0 Å². The molecule has 0 unspecified atom stereocenters. The summed E-state index contributed by atoms with van der Waals surface area (Å²) in [5.74, 6) is -0.856. The Labute approximate surface area is 141 Å². The number of rotatable bonds is 5. The number of nitrogens with zero attached hydrogens (tertiary/aromatic N) is 2. The third-order valence-electron chi connectivity index (χ3n) is 3.72. The minimum atomic E-state index is -0.452. The first-order chi connectivity index (χ1) is 11.6. The number of piperidine rings is 1. The number of benzene rings is 1. The van der Waals surface area contributed by atoms with Crippen molar-refractivity contribution in [1.82, 2.24) is 4.90 Å². The second-order valence-electron chi connectivity index (χ2n) is 5.50. The fraction of sp³-hybridized carbons (Fsp3) is 0.389. The summed E-state index contributed by atoms with van der Waals surface area (Å²) in [7, 11) is 0. The molecule has 1 heterocycles. The summed E-state index contributed by atoms with van der Waals surface area (Å²) >= 11 is 0. The fourth-order valence-corrected chi connectivity index (χ4v) is 2.47. The predicted octanol–water partition coefficient (Wildman–Crippen LogP) is 2.70. The van der Waals surface area contributed by atoms with Crippen LogP contribution < -0.4 is 5.32 Å². The predicted molar refractivity (Wildman–Crippen MR) is 90.1 cm³/mol. The second kappa shape index (κ2) is 8.73. The van der Waals surface area contributed by atoms with Gasteiger partial charge in [0.25, 0.3) is 5.91 Å². The number of carbonyl (C=O) groups is 2. The van der Waals surface area contributed by atoms with Gasteiger partial charge in [0, 0.05) is 25.0 Å². The van der Waals surface area contributed by atoms with Crippen molar-refractivity contribution in [2.24, 2.45) is 0 Å². The molecule has 1 aliphatic heterocycles. The quantitative estimate of drug-likeness (QED) is 0.511. The highest BCUT2D eigenvalue weighted by Crippen LogP contribution is 2.14. The number of likely N-dealkylation sites (tertiary alicyclic amines) is 1. The highest BCUT2D eigenvalue weighted by molar-refractivity contribution is 6.06. The molecule has 1 aromatic rings. The zero-order valence-electron chi connectivity index (χ0n) is 13.7. The van der Waals surface area contributed by atoms with E-state index in [0.717, 1.165) is 25.9 Å². The summed E-state index contributed by atoms with van der Waals surface area (Å²) in [6, 6.07) is 8.33. The molecule has 0 bridgehead atoms. The summed E-state index contributed by atoms with van der Waals surface area (Å²) in [6.07, 6.45) is 4.96. The normalized spacial score (nSPS) is 14.7. The van der Waals surface area contributed by atoms with E-state index < -0.39 is 11.9 Å². The molecule has 0 aromatic heterocycles. The van der Waals surface area contributed by atoms with Gasteiger partial charge in [0.05, 0.1) is 12.2 Å². The van der Waals surface area contributed by atoms with Crippen molar-refractivity contribution in [2.45, 2.75) is 26.2 Å². The largest absolute Gasteiger partial charge is 0.462 e. The van der Waals surface area contributed by atoms with Gasteiger partial charge in [-0.05, 0) is 50.5 Å². The Balaban J connectivity index is 2.01. The third-order valence-corrected chi connectivity index (χ3v) is 3.72. The number of esters is 1. The Morgan fingerprint density at radius 2 is 1.92 bits per heavy atom. The molecule has 1 N–H and O–H groups in total. The van der Waals surface area contributed by atoms with Crippen LogP contribution in [0.15, 0.2) is 36.0 Å². The molecule has 6 nitrogen and oxygen atoms in total. The zero-order chi connectivity index (χ0) is 17.4. The monoisotopic (exact) mass is 327 g/mol. The maximum absolute atomic E-state index is 12.2. The van der Waals surface area contributed by atoms with E-state index in [0.29, 0.717) is 17.9 Å². The van der Waals surface area contributed by atoms with Crippen LogP contribution in [0.2, 0.25) is 0 Å². The lowest BCUT2D eigenvalue weighted by Gasteiger charge is -2.25. The first-order valence-electron chi connectivity index (χ1n) is 8.08. The van der Waals surface area contributed by atoms with E-state index in [9.17, 15) is 14.9 Å². The summed E-state index contributed by atoms with van der Waals surface area (Å²) in [5.41, 5.74) is 1.01. The maximum Gasteiger partial charge on any atom is 0.338 e. The maximum atomic E-state index is 12.2. The lowest BCUT2D eigenvalue weighted by atomic mass is 10.1. The van der Waals surface area contributed by atoms with Crippen molar-refractivity contribution in [2.75, 3.05) is 25.0 Å². The average Bonchev–Trinajstić information content (AvgIpc) is 2.61. The van der Waals surface area contributed by atoms with E-state index in [2.05, 4.69) is 5.32 Å². The van der Waals surface area contributed by atoms with Gasteiger partial charge in [-0.25, -0.2) is 4.79 Å². The van der Waals surface area contributed by atoms with E-state index >= 15 is 0 Å². The molecule has 0 aliphatic carbocycles. The number of anilines is 1. The molecular formula is C18H21N3O3. The van der Waals surface area contributed by atoms with Crippen LogP contribution in [0.4, 0.5) is 5.69 Å². The number of hydrogen-bond acceptors (Lipinski definition) is 5. The Bertz CT molecular complexity index is 653. The van der Waals surface area contributed by atoms with Gasteiger partial charge < -0.3 is 15.0 Å². The van der Waals surface area contributed by atoms with Crippen molar-refractivity contribution in [3.05, 3.63) is 41.6 Å². The molecule has 1 aliphatic rings. The van der Waals surface area contributed by atoms with Crippen LogP contribution in [-0.4, -0.2) is 36.5 Å². The highest BCUT2D eigenvalue weighted by atomic mass is 16.5. The SMILES string of the molecule is CCOC(=O)c1ccc(NC(=O)/C(C#N)=C\N2CCCCC2)cc1. The van der Waals surface area contributed by atoms with Crippen molar-refractivity contribution in [3.8, 4) is 6.07 Å². The van der Waals surface area contributed by atoms with Gasteiger partial charge in [0.15, 0.2) is 0 Å². The smallest absolute Gasteiger partial charge is 0.338 e. The minimum absolute atomic E-state index is 0.0753. The van der Waals surface area contributed by atoms with Crippen LogP contribution in [0, 0.1) is 11.3 Å². The Morgan fingerprint density at radius 3 is 2.50 bits per heavy atom. The second-order valence-corrected chi connectivity index (χ2v) is 5.50. The van der Waals surface area contributed by atoms with E-state index in [4.69, 9.17) is 4.74 Å². The van der Waals surface area contributed by atoms with Gasteiger partial charge in [-0.3, -0.25) is 4.79 Å². The zero-order valence-corrected chi connectivity index (χ0v) is 13.7. The van der Waals surface area contributed by atoms with E-state index in [1.807, 2.05) is 11.0 Å². The third kappa shape index (κ3) is 4.85. The lowest BCUT2D eigenvalue weighted by Crippen LogP contribution is -2.26. The lowest BCUT2D eigenvalue weighted by molar-refractivity contribution is -0.112. The fourth-order valence-electron chi connectivity index (χ4n) is 2.47. The molecule has 1 fully saturated rings. The van der Waals surface area contributed by atoms with Gasteiger partial charge in [-0.15, -0.1) is 0 Å². The molecule has 0 spiro atoms. The van der Waals surface area contributed by atoms with Crippen LogP contribution in [0.3, 0.4) is 0 Å². The molecule has 0 radical (unpaired) electrons. The van der Waals surface area contributed by atoms with Crippen molar-refractivity contribution < 1.29 is 14.3 Å². The molecule has 24 heavy (non-hydrogen) atoms. The molecule has 0 atom stereocenters. The Hall–Kier alpha value is -2.81. The van der Waals surface area contributed by atoms with Crippen LogP contribution in [0.25, 0.3) is 0 Å². The molecule has 1 aromatic carbocycles. The van der Waals surface area contributed by atoms with Crippen molar-refractivity contribution in [1.29, 1.82) is 5.26 Å². The molecule has 1 saturated heterocycles. The number of ether oxygens (including phenoxy) is 1. The standard InChI is InChI=1S/C18H21N3O3/c1-2-24-18(23)14-6-8-16(9-7-14)20-17(22)15(12-19)13-21-10-4-3-5-11-21/h6-9,13H,2-5,10-11H2,1H3,(H,20,22)/b15-13-. The van der Waals surface area contributed by atoms with Gasteiger partial charge in [-0.1, -0.05) is 0 Å². The summed E-state index contributed by atoms with van der Waals surface area (Å²) in [5, 5.41) is 11.9. The highest BCUT2D eigenvalue weighted by Gasteiger charge is 2.14. The molecule has 2 rings (SSSR count). The van der Waals surface area contributed by atoms with Gasteiger partial charge in [0.2, 0.25) is 0 Å². The van der Waals surface area contributed by atoms with Gasteiger partial charge in [0.1, 0.15) is 11.6 Å². The van der Waals surface area contributed by atoms with Crippen molar-refractivity contribution >= 4 is 17.6 Å². The number of amides is 1. The summed E-state index contributed by atoms with van der Waals surface area (Å²) in [4.78, 5) is 25.8. The molecule has 1 amide bonds.